The van der Waals surface area contributed by atoms with Crippen LogP contribution in [0, 0.1) is 0 Å². The molecule has 1 nitrogen and oxygen atoms in total. The molecule has 1 atom stereocenters. The third kappa shape index (κ3) is 2.89. The fourth-order valence-electron chi connectivity index (χ4n) is 2.71. The summed E-state index contributed by atoms with van der Waals surface area (Å²) < 4.78 is 2.29. The summed E-state index contributed by atoms with van der Waals surface area (Å²) in [6.07, 6.45) is 4.09. The van der Waals surface area contributed by atoms with Crippen LogP contribution in [0.2, 0.25) is 0 Å². The van der Waals surface area contributed by atoms with Gasteiger partial charge in [-0.25, -0.2) is 0 Å². The zero-order valence-corrected chi connectivity index (χ0v) is 15.3. The molecule has 20 heavy (non-hydrogen) atoms. The maximum atomic E-state index is 3.59. The minimum absolute atomic E-state index is 0.266. The van der Waals surface area contributed by atoms with E-state index in [1.54, 1.807) is 11.3 Å². The van der Waals surface area contributed by atoms with Gasteiger partial charge in [-0.15, -0.1) is 11.3 Å². The summed E-state index contributed by atoms with van der Waals surface area (Å²) >= 11 is 8.95. The predicted octanol–water partition coefficient (Wildman–Crippen LogP) is 5.85. The highest BCUT2D eigenvalue weighted by molar-refractivity contribution is 9.13. The maximum absolute atomic E-state index is 3.59. The van der Waals surface area contributed by atoms with E-state index in [4.69, 9.17) is 0 Å². The van der Waals surface area contributed by atoms with Gasteiger partial charge in [0.25, 0.3) is 0 Å². The summed E-state index contributed by atoms with van der Waals surface area (Å²) in [5.41, 5.74) is 2.86. The van der Waals surface area contributed by atoms with E-state index in [0.29, 0.717) is 0 Å². The van der Waals surface area contributed by atoms with E-state index in [1.807, 2.05) is 7.05 Å². The molecule has 0 radical (unpaired) electrons. The molecule has 1 N–H and O–H groups in total. The van der Waals surface area contributed by atoms with Gasteiger partial charge in [-0.05, 0) is 74.9 Å². The molecule has 1 fully saturated rings. The van der Waals surface area contributed by atoms with E-state index < -0.39 is 0 Å². The highest BCUT2D eigenvalue weighted by Crippen LogP contribution is 2.40. The number of benzene rings is 1. The van der Waals surface area contributed by atoms with E-state index in [0.717, 1.165) is 14.2 Å². The summed E-state index contributed by atoms with van der Waals surface area (Å²) in [4.78, 5) is 1.33. The van der Waals surface area contributed by atoms with Crippen LogP contribution in [0.4, 0.5) is 0 Å². The molecule has 0 amide bonds. The third-order valence-corrected chi connectivity index (χ3v) is 7.38. The lowest BCUT2D eigenvalue weighted by Gasteiger charge is -2.27. The summed E-state index contributed by atoms with van der Waals surface area (Å²) in [5.74, 6) is 0.786. The van der Waals surface area contributed by atoms with E-state index in [1.165, 1.54) is 35.3 Å². The zero-order valence-electron chi connectivity index (χ0n) is 11.3. The minimum Gasteiger partial charge on any atom is -0.309 e. The Kier molecular flexibility index (Phi) is 4.65. The van der Waals surface area contributed by atoms with Gasteiger partial charge in [0.2, 0.25) is 0 Å². The Morgan fingerprint density at radius 3 is 2.60 bits per heavy atom. The highest BCUT2D eigenvalue weighted by Gasteiger charge is 2.21. The van der Waals surface area contributed by atoms with Crippen LogP contribution in [-0.2, 0) is 0 Å². The van der Waals surface area contributed by atoms with Crippen LogP contribution in [0.3, 0.4) is 0 Å². The second-order valence-corrected chi connectivity index (χ2v) is 8.55. The van der Waals surface area contributed by atoms with Crippen LogP contribution in [0.5, 0.6) is 0 Å². The van der Waals surface area contributed by atoms with Crippen molar-refractivity contribution in [1.82, 2.24) is 5.32 Å². The monoisotopic (exact) mass is 413 g/mol. The van der Waals surface area contributed by atoms with Crippen molar-refractivity contribution in [1.29, 1.82) is 0 Å². The molecule has 0 bridgehead atoms. The number of nitrogens with one attached hydrogen (secondary N) is 1. The molecule has 1 heterocycles. The summed E-state index contributed by atoms with van der Waals surface area (Å²) in [6.45, 7) is 0. The Morgan fingerprint density at radius 1 is 1.25 bits per heavy atom. The van der Waals surface area contributed by atoms with Gasteiger partial charge in [-0.3, -0.25) is 0 Å². The van der Waals surface area contributed by atoms with E-state index in [-0.39, 0.29) is 6.04 Å². The van der Waals surface area contributed by atoms with Gasteiger partial charge in [0, 0.05) is 9.35 Å². The van der Waals surface area contributed by atoms with Gasteiger partial charge in [-0.2, -0.15) is 0 Å². The molecule has 1 aromatic carbocycles. The lowest BCUT2D eigenvalue weighted by Crippen LogP contribution is -2.17. The van der Waals surface area contributed by atoms with E-state index >= 15 is 0 Å². The summed E-state index contributed by atoms with van der Waals surface area (Å²) in [7, 11) is 2.03. The van der Waals surface area contributed by atoms with Crippen molar-refractivity contribution in [3.05, 3.63) is 54.6 Å². The zero-order chi connectivity index (χ0) is 14.1. The number of hydrogen-bond donors (Lipinski definition) is 1. The first-order chi connectivity index (χ1) is 9.69. The van der Waals surface area contributed by atoms with Gasteiger partial charge in [0.1, 0.15) is 0 Å². The molecular formula is C16H17Br2NS. The molecule has 106 valence electrons. The minimum atomic E-state index is 0.266. The third-order valence-electron chi connectivity index (χ3n) is 4.06. The van der Waals surface area contributed by atoms with Crippen molar-refractivity contribution < 1.29 is 0 Å². The molecule has 3 rings (SSSR count). The number of thiophene rings is 1. The average molecular weight is 415 g/mol. The second-order valence-electron chi connectivity index (χ2n) is 5.29. The van der Waals surface area contributed by atoms with Crippen LogP contribution < -0.4 is 5.32 Å². The summed E-state index contributed by atoms with van der Waals surface area (Å²) in [6, 6.07) is 11.6. The van der Waals surface area contributed by atoms with Crippen molar-refractivity contribution in [3.63, 3.8) is 0 Å². The largest absolute Gasteiger partial charge is 0.309 e. The highest BCUT2D eigenvalue weighted by atomic mass is 79.9. The van der Waals surface area contributed by atoms with Crippen molar-refractivity contribution in [2.75, 3.05) is 7.05 Å². The second kappa shape index (κ2) is 6.30. The van der Waals surface area contributed by atoms with Gasteiger partial charge in [0.15, 0.2) is 0 Å². The summed E-state index contributed by atoms with van der Waals surface area (Å²) in [5, 5.41) is 3.45. The fourth-order valence-corrected chi connectivity index (χ4v) is 4.94. The average Bonchev–Trinajstić information content (AvgIpc) is 2.69. The smallest absolute Gasteiger partial charge is 0.0843 e. The van der Waals surface area contributed by atoms with Gasteiger partial charge in [0.05, 0.1) is 9.83 Å². The lowest BCUT2D eigenvalue weighted by molar-refractivity contribution is 0.419. The standard InChI is InChI=1S/C16H17Br2NS/c1-19-15(14-9-13(17)16(18)20-14)12-7-3-6-11(8-12)10-4-2-5-10/h3,6-10,15,19H,2,4-5H2,1H3. The van der Waals surface area contributed by atoms with Crippen molar-refractivity contribution in [2.24, 2.45) is 0 Å². The lowest BCUT2D eigenvalue weighted by atomic mass is 9.79. The molecule has 4 heteroatoms. The first-order valence-corrected chi connectivity index (χ1v) is 9.31. The topological polar surface area (TPSA) is 12.0 Å². The Hall–Kier alpha value is -0.160. The first kappa shape index (κ1) is 14.8. The Bertz CT molecular complexity index is 585. The maximum Gasteiger partial charge on any atom is 0.0843 e. The van der Waals surface area contributed by atoms with E-state index in [9.17, 15) is 0 Å². The molecule has 2 aromatic rings. The molecule has 0 saturated heterocycles. The van der Waals surface area contributed by atoms with Crippen molar-refractivity contribution in [2.45, 2.75) is 31.2 Å². The van der Waals surface area contributed by atoms with Crippen LogP contribution >= 0.6 is 43.2 Å². The predicted molar refractivity (Wildman–Crippen MR) is 93.7 cm³/mol. The number of rotatable bonds is 4. The Morgan fingerprint density at radius 2 is 2.05 bits per heavy atom. The van der Waals surface area contributed by atoms with Crippen LogP contribution in [0.25, 0.3) is 0 Å². The van der Waals surface area contributed by atoms with Crippen LogP contribution in [-0.4, -0.2) is 7.05 Å². The van der Waals surface area contributed by atoms with Gasteiger partial charge >= 0.3 is 0 Å². The van der Waals surface area contributed by atoms with Gasteiger partial charge in [-0.1, -0.05) is 30.7 Å². The van der Waals surface area contributed by atoms with Gasteiger partial charge < -0.3 is 5.32 Å². The SMILES string of the molecule is CNC(c1cccc(C2CCC2)c1)c1cc(Br)c(Br)s1. The molecule has 1 unspecified atom stereocenters. The molecule has 1 saturated carbocycles. The van der Waals surface area contributed by atoms with E-state index in [2.05, 4.69) is 67.5 Å². The Balaban J connectivity index is 1.92. The normalized spacial score (nSPS) is 16.9. The number of halogens is 2. The molecule has 0 aliphatic heterocycles. The van der Waals surface area contributed by atoms with Crippen LogP contribution in [0.15, 0.2) is 38.6 Å². The van der Waals surface area contributed by atoms with Crippen LogP contribution in [0.1, 0.15) is 47.2 Å². The Labute approximate surface area is 141 Å². The van der Waals surface area contributed by atoms with Crippen molar-refractivity contribution >= 4 is 43.2 Å². The molecule has 1 aliphatic rings. The number of hydrogen-bond acceptors (Lipinski definition) is 2. The quantitative estimate of drug-likeness (QED) is 0.661. The molecule has 1 aliphatic carbocycles. The molecular weight excluding hydrogens is 398 g/mol. The fraction of sp³-hybridized carbons (Fsp3) is 0.375. The molecule has 0 spiro atoms. The van der Waals surface area contributed by atoms with Crippen molar-refractivity contribution in [3.8, 4) is 0 Å². The first-order valence-electron chi connectivity index (χ1n) is 6.91. The molecule has 1 aromatic heterocycles.